The Morgan fingerprint density at radius 2 is 1.96 bits per heavy atom. The minimum atomic E-state index is -4.41. The fourth-order valence-electron chi connectivity index (χ4n) is 3.18. The van der Waals surface area contributed by atoms with Gasteiger partial charge in [0, 0.05) is 4.47 Å². The van der Waals surface area contributed by atoms with Crippen molar-refractivity contribution in [1.82, 2.24) is 9.55 Å². The number of alkyl halides is 3. The molecule has 0 fully saturated rings. The maximum absolute atomic E-state index is 13.4. The van der Waals surface area contributed by atoms with Crippen LogP contribution in [0.25, 0.3) is 11.0 Å². The van der Waals surface area contributed by atoms with Crippen molar-refractivity contribution in [3.8, 4) is 0 Å². The Hall–Kier alpha value is -1.86. The van der Waals surface area contributed by atoms with Crippen LogP contribution in [0.4, 0.5) is 13.2 Å². The van der Waals surface area contributed by atoms with Gasteiger partial charge in [-0.05, 0) is 29.8 Å². The molecule has 1 aliphatic heterocycles. The molecule has 3 nitrogen and oxygen atoms in total. The number of imidazole rings is 1. The van der Waals surface area contributed by atoms with E-state index in [0.717, 1.165) is 21.6 Å². The molecule has 2 aromatic carbocycles. The van der Waals surface area contributed by atoms with Crippen LogP contribution in [0.3, 0.4) is 0 Å². The maximum atomic E-state index is 13.4. The van der Waals surface area contributed by atoms with E-state index in [-0.39, 0.29) is 18.8 Å². The van der Waals surface area contributed by atoms with E-state index in [2.05, 4.69) is 20.9 Å². The summed E-state index contributed by atoms with van der Waals surface area (Å²) in [6.45, 7) is 0.467. The lowest BCUT2D eigenvalue weighted by molar-refractivity contribution is -0.138. The average Bonchev–Trinajstić information content (AvgIpc) is 2.92. The zero-order valence-corrected chi connectivity index (χ0v) is 13.9. The minimum Gasteiger partial charge on any atom is -0.371 e. The van der Waals surface area contributed by atoms with Crippen LogP contribution in [-0.4, -0.2) is 16.2 Å². The Labute approximate surface area is 144 Å². The lowest BCUT2D eigenvalue weighted by Crippen LogP contribution is -2.27. The van der Waals surface area contributed by atoms with Crippen molar-refractivity contribution in [2.75, 3.05) is 6.61 Å². The van der Waals surface area contributed by atoms with Gasteiger partial charge in [-0.1, -0.05) is 34.1 Å². The molecule has 7 heteroatoms. The first-order chi connectivity index (χ1) is 11.4. The highest BCUT2D eigenvalue weighted by Gasteiger charge is 2.37. The van der Waals surface area contributed by atoms with E-state index >= 15 is 0 Å². The minimum absolute atomic E-state index is 0.179. The maximum Gasteiger partial charge on any atom is 0.416 e. The Balaban J connectivity index is 1.95. The monoisotopic (exact) mass is 396 g/mol. The van der Waals surface area contributed by atoms with Crippen molar-refractivity contribution in [1.29, 1.82) is 0 Å². The number of hydrogen-bond acceptors (Lipinski definition) is 2. The van der Waals surface area contributed by atoms with Crippen LogP contribution in [0, 0.1) is 0 Å². The summed E-state index contributed by atoms with van der Waals surface area (Å²) in [6.07, 6.45) is -4.41. The number of fused-ring (bicyclic) bond motifs is 3. The number of halogens is 4. The van der Waals surface area contributed by atoms with E-state index in [9.17, 15) is 13.2 Å². The van der Waals surface area contributed by atoms with Gasteiger partial charge in [0.1, 0.15) is 12.4 Å². The van der Waals surface area contributed by atoms with Crippen LogP contribution >= 0.6 is 15.9 Å². The Morgan fingerprint density at radius 1 is 1.17 bits per heavy atom. The van der Waals surface area contributed by atoms with Gasteiger partial charge in [0.15, 0.2) is 0 Å². The predicted molar refractivity (Wildman–Crippen MR) is 86.7 cm³/mol. The fraction of sp³-hybridized carbons (Fsp3) is 0.235. The predicted octanol–water partition coefficient (Wildman–Crippen LogP) is 4.94. The fourth-order valence-corrected chi connectivity index (χ4v) is 3.53. The van der Waals surface area contributed by atoms with Crippen molar-refractivity contribution in [3.05, 3.63) is 63.9 Å². The highest BCUT2D eigenvalue weighted by Crippen LogP contribution is 2.38. The Bertz CT molecular complexity index is 920. The van der Waals surface area contributed by atoms with Crippen LogP contribution in [0.2, 0.25) is 0 Å². The van der Waals surface area contributed by atoms with Gasteiger partial charge in [-0.3, -0.25) is 0 Å². The molecule has 0 amide bonds. The molecule has 1 unspecified atom stereocenters. The zero-order chi connectivity index (χ0) is 16.9. The molecule has 3 aromatic rings. The Morgan fingerprint density at radius 3 is 2.75 bits per heavy atom. The number of hydrogen-bond donors (Lipinski definition) is 0. The van der Waals surface area contributed by atoms with Gasteiger partial charge < -0.3 is 9.30 Å². The van der Waals surface area contributed by atoms with E-state index in [1.807, 2.05) is 22.8 Å². The van der Waals surface area contributed by atoms with E-state index < -0.39 is 17.8 Å². The molecule has 2 heterocycles. The van der Waals surface area contributed by atoms with Gasteiger partial charge in [0.05, 0.1) is 29.2 Å². The molecular formula is C17H12BrF3N2O. The van der Waals surface area contributed by atoms with E-state index in [1.54, 1.807) is 6.07 Å². The highest BCUT2D eigenvalue weighted by molar-refractivity contribution is 9.10. The molecule has 0 N–H and O–H groups in total. The molecule has 1 aliphatic rings. The highest BCUT2D eigenvalue weighted by atomic mass is 79.9. The summed E-state index contributed by atoms with van der Waals surface area (Å²) in [5, 5.41) is 0. The van der Waals surface area contributed by atoms with Gasteiger partial charge in [-0.25, -0.2) is 4.98 Å². The van der Waals surface area contributed by atoms with E-state index in [1.165, 1.54) is 12.1 Å². The van der Waals surface area contributed by atoms with Crippen molar-refractivity contribution >= 4 is 27.0 Å². The van der Waals surface area contributed by atoms with Gasteiger partial charge in [0.2, 0.25) is 0 Å². The van der Waals surface area contributed by atoms with Crippen molar-refractivity contribution in [2.45, 2.75) is 18.8 Å². The van der Waals surface area contributed by atoms with Crippen LogP contribution in [0.1, 0.15) is 23.0 Å². The summed E-state index contributed by atoms with van der Waals surface area (Å²) in [5.74, 6) is 0.635. The van der Waals surface area contributed by atoms with Crippen LogP contribution < -0.4 is 0 Å². The molecular weight excluding hydrogens is 385 g/mol. The van der Waals surface area contributed by atoms with Crippen LogP contribution in [-0.2, 0) is 17.5 Å². The van der Waals surface area contributed by atoms with Crippen molar-refractivity contribution < 1.29 is 17.9 Å². The van der Waals surface area contributed by atoms with Crippen molar-refractivity contribution in [3.63, 3.8) is 0 Å². The SMILES string of the molecule is FC(F)(F)c1ccccc1C1COCc2nc3ccc(Br)cc3n21. The first-order valence-corrected chi connectivity index (χ1v) is 8.14. The van der Waals surface area contributed by atoms with Gasteiger partial charge in [-0.15, -0.1) is 0 Å². The first kappa shape index (κ1) is 15.7. The van der Waals surface area contributed by atoms with Crippen LogP contribution in [0.5, 0.6) is 0 Å². The molecule has 1 atom stereocenters. The lowest BCUT2D eigenvalue weighted by Gasteiger charge is -2.28. The average molecular weight is 397 g/mol. The molecule has 4 rings (SSSR count). The molecule has 124 valence electrons. The van der Waals surface area contributed by atoms with Gasteiger partial charge in [0.25, 0.3) is 0 Å². The number of benzene rings is 2. The molecule has 0 aliphatic carbocycles. The Kier molecular flexibility index (Phi) is 3.65. The molecule has 0 saturated heterocycles. The molecule has 0 bridgehead atoms. The molecule has 1 aromatic heterocycles. The first-order valence-electron chi connectivity index (χ1n) is 7.35. The van der Waals surface area contributed by atoms with E-state index in [0.29, 0.717) is 5.82 Å². The number of rotatable bonds is 1. The largest absolute Gasteiger partial charge is 0.416 e. The third-order valence-corrected chi connectivity index (χ3v) is 4.66. The van der Waals surface area contributed by atoms with Crippen LogP contribution in [0.15, 0.2) is 46.9 Å². The number of ether oxygens (including phenoxy) is 1. The quantitative estimate of drug-likeness (QED) is 0.582. The summed E-state index contributed by atoms with van der Waals surface area (Å²) in [5.41, 5.74) is 1.10. The zero-order valence-electron chi connectivity index (χ0n) is 12.3. The molecule has 0 radical (unpaired) electrons. The summed E-state index contributed by atoms with van der Waals surface area (Å²) < 4.78 is 48.5. The molecule has 0 spiro atoms. The summed E-state index contributed by atoms with van der Waals surface area (Å²) in [4.78, 5) is 4.50. The second-order valence-corrected chi connectivity index (χ2v) is 6.56. The number of nitrogens with zero attached hydrogens (tertiary/aromatic N) is 2. The normalized spacial score (nSPS) is 17.9. The summed E-state index contributed by atoms with van der Waals surface area (Å²) in [7, 11) is 0. The van der Waals surface area contributed by atoms with E-state index in [4.69, 9.17) is 4.74 Å². The smallest absolute Gasteiger partial charge is 0.371 e. The van der Waals surface area contributed by atoms with Gasteiger partial charge >= 0.3 is 6.18 Å². The standard InChI is InChI=1S/C17H12BrF3N2O/c18-10-5-6-13-14(7-10)23-15(8-24-9-16(23)22-13)11-3-1-2-4-12(11)17(19,20)21/h1-7,15H,8-9H2. The van der Waals surface area contributed by atoms with Gasteiger partial charge in [-0.2, -0.15) is 13.2 Å². The second kappa shape index (κ2) is 5.60. The molecule has 24 heavy (non-hydrogen) atoms. The lowest BCUT2D eigenvalue weighted by atomic mass is 9.99. The summed E-state index contributed by atoms with van der Waals surface area (Å²) >= 11 is 3.42. The number of aromatic nitrogens is 2. The third kappa shape index (κ3) is 2.52. The second-order valence-electron chi connectivity index (χ2n) is 5.65. The van der Waals surface area contributed by atoms with Crippen molar-refractivity contribution in [2.24, 2.45) is 0 Å². The topological polar surface area (TPSA) is 27.1 Å². The summed E-state index contributed by atoms with van der Waals surface area (Å²) in [6, 6.07) is 10.7. The molecule has 0 saturated carbocycles. The third-order valence-electron chi connectivity index (χ3n) is 4.17.